The average molecular weight is 373 g/mol. The monoisotopic (exact) mass is 373 g/mol. The summed E-state index contributed by atoms with van der Waals surface area (Å²) in [6.45, 7) is 0.595. The molecule has 7 rings (SSSR count). The van der Waals surface area contributed by atoms with E-state index in [-0.39, 0.29) is 18.3 Å². The van der Waals surface area contributed by atoms with Gasteiger partial charge in [-0.2, -0.15) is 5.26 Å². The summed E-state index contributed by atoms with van der Waals surface area (Å²) in [6, 6.07) is 18.9. The van der Waals surface area contributed by atoms with Crippen LogP contribution in [0.2, 0.25) is 0 Å². The van der Waals surface area contributed by atoms with Gasteiger partial charge < -0.3 is 14.2 Å². The van der Waals surface area contributed by atoms with E-state index < -0.39 is 29.1 Å². The number of rotatable bonds is 2. The highest BCUT2D eigenvalue weighted by Gasteiger charge is 2.75. The SMILES string of the molecule is COCC12c3ccccc3C(c3ccccc31)C1(C#N)C3COC(O3)C(=O)C21. The predicted octanol–water partition coefficient (Wildman–Crippen LogP) is 2.53. The second-order valence-electron chi connectivity index (χ2n) is 8.18. The van der Waals surface area contributed by atoms with Crippen molar-refractivity contribution < 1.29 is 19.0 Å². The number of Topliss-reactive ketones (excluding diaryl/α,β-unsaturated/α-hetero) is 1. The molecule has 2 heterocycles. The van der Waals surface area contributed by atoms with E-state index in [0.29, 0.717) is 6.61 Å². The van der Waals surface area contributed by atoms with Crippen molar-refractivity contribution in [3.8, 4) is 6.07 Å². The first-order valence-corrected chi connectivity index (χ1v) is 9.60. The maximum absolute atomic E-state index is 13.6. The van der Waals surface area contributed by atoms with Gasteiger partial charge in [0, 0.05) is 13.0 Å². The molecular formula is C23H19NO4. The molecule has 5 aliphatic rings. The van der Waals surface area contributed by atoms with Crippen LogP contribution in [0.4, 0.5) is 0 Å². The van der Waals surface area contributed by atoms with E-state index in [9.17, 15) is 10.1 Å². The van der Waals surface area contributed by atoms with Gasteiger partial charge in [-0.25, -0.2) is 0 Å². The van der Waals surface area contributed by atoms with E-state index in [2.05, 4.69) is 30.3 Å². The molecule has 4 bridgehead atoms. The Morgan fingerprint density at radius 3 is 2.39 bits per heavy atom. The van der Waals surface area contributed by atoms with Gasteiger partial charge in [-0.3, -0.25) is 4.79 Å². The van der Waals surface area contributed by atoms with Crippen LogP contribution >= 0.6 is 0 Å². The molecule has 140 valence electrons. The van der Waals surface area contributed by atoms with E-state index in [4.69, 9.17) is 14.2 Å². The first kappa shape index (κ1) is 16.4. The summed E-state index contributed by atoms with van der Waals surface area (Å²) in [4.78, 5) is 13.6. The Morgan fingerprint density at radius 2 is 1.79 bits per heavy atom. The minimum absolute atomic E-state index is 0.138. The van der Waals surface area contributed by atoms with Crippen LogP contribution in [0.25, 0.3) is 0 Å². The third-order valence-corrected chi connectivity index (χ3v) is 7.26. The second-order valence-corrected chi connectivity index (χ2v) is 8.18. The van der Waals surface area contributed by atoms with Gasteiger partial charge in [-0.05, 0) is 22.3 Å². The van der Waals surface area contributed by atoms with Crippen LogP contribution in [0.15, 0.2) is 48.5 Å². The number of methoxy groups -OCH3 is 1. The zero-order valence-electron chi connectivity index (χ0n) is 15.4. The number of carbonyl (C=O) groups excluding carboxylic acids is 1. The summed E-state index contributed by atoms with van der Waals surface area (Å²) in [5.74, 6) is -0.933. The lowest BCUT2D eigenvalue weighted by molar-refractivity contribution is -0.184. The standard InChI is InChI=1S/C23H19NO4/c1-26-12-23-15-8-4-2-6-13(15)18(14-7-3-5-9-16(14)23)22(11-24)17-10-27-21(28-17)19(25)20(22)23/h2-9,17-18,20-21H,10,12H2,1H3. The molecule has 0 saturated carbocycles. The minimum Gasteiger partial charge on any atom is -0.383 e. The van der Waals surface area contributed by atoms with Crippen LogP contribution in [0.5, 0.6) is 0 Å². The fraction of sp³-hybridized carbons (Fsp3) is 0.391. The van der Waals surface area contributed by atoms with Crippen molar-refractivity contribution in [2.45, 2.75) is 23.7 Å². The fourth-order valence-corrected chi connectivity index (χ4v) is 6.48. The number of ether oxygens (including phenoxy) is 3. The Bertz CT molecular complexity index is 1010. The molecule has 0 N–H and O–H groups in total. The first-order valence-electron chi connectivity index (χ1n) is 9.60. The molecule has 5 nitrogen and oxygen atoms in total. The number of benzene rings is 2. The largest absolute Gasteiger partial charge is 0.383 e. The van der Waals surface area contributed by atoms with Crippen molar-refractivity contribution >= 4 is 5.78 Å². The number of nitriles is 1. The van der Waals surface area contributed by atoms with Crippen LogP contribution < -0.4 is 0 Å². The molecule has 3 aliphatic carbocycles. The van der Waals surface area contributed by atoms with E-state index in [1.807, 2.05) is 24.3 Å². The molecule has 2 aromatic carbocycles. The first-order chi connectivity index (χ1) is 13.7. The quantitative estimate of drug-likeness (QED) is 0.809. The molecule has 4 atom stereocenters. The summed E-state index contributed by atoms with van der Waals surface area (Å²) in [6.07, 6.45) is -1.32. The lowest BCUT2D eigenvalue weighted by atomic mass is 9.39. The van der Waals surface area contributed by atoms with Gasteiger partial charge in [0.25, 0.3) is 0 Å². The molecule has 2 aliphatic heterocycles. The maximum Gasteiger partial charge on any atom is 0.218 e. The Kier molecular flexibility index (Phi) is 3.11. The van der Waals surface area contributed by atoms with Crippen LogP contribution in [0.3, 0.4) is 0 Å². The fourth-order valence-electron chi connectivity index (χ4n) is 6.48. The maximum atomic E-state index is 13.6. The molecule has 28 heavy (non-hydrogen) atoms. The minimum atomic E-state index is -1.01. The van der Waals surface area contributed by atoms with Crippen molar-refractivity contribution in [2.75, 3.05) is 20.3 Å². The number of carbonyl (C=O) groups is 1. The van der Waals surface area contributed by atoms with Crippen LogP contribution in [0, 0.1) is 22.7 Å². The molecule has 5 heteroatoms. The van der Waals surface area contributed by atoms with Crippen LogP contribution in [-0.2, 0) is 24.4 Å². The highest BCUT2D eigenvalue weighted by atomic mass is 16.7. The number of ketones is 1. The van der Waals surface area contributed by atoms with Crippen LogP contribution in [0.1, 0.15) is 28.2 Å². The van der Waals surface area contributed by atoms with E-state index >= 15 is 0 Å². The smallest absolute Gasteiger partial charge is 0.218 e. The molecule has 2 aromatic rings. The van der Waals surface area contributed by atoms with Gasteiger partial charge in [0.15, 0.2) is 5.78 Å². The summed E-state index contributed by atoms with van der Waals surface area (Å²) in [5.41, 5.74) is 2.63. The summed E-state index contributed by atoms with van der Waals surface area (Å²) in [5, 5.41) is 10.6. The van der Waals surface area contributed by atoms with Gasteiger partial charge in [0.1, 0.15) is 11.5 Å². The van der Waals surface area contributed by atoms with Crippen molar-refractivity contribution in [3.05, 3.63) is 70.8 Å². The summed E-state index contributed by atoms with van der Waals surface area (Å²) >= 11 is 0. The van der Waals surface area contributed by atoms with Gasteiger partial charge in [-0.15, -0.1) is 0 Å². The summed E-state index contributed by atoms with van der Waals surface area (Å²) < 4.78 is 17.4. The molecule has 0 spiro atoms. The Labute approximate surface area is 162 Å². The Balaban J connectivity index is 1.80. The third-order valence-electron chi connectivity index (χ3n) is 7.26. The normalized spacial score (nSPS) is 39.1. The lowest BCUT2D eigenvalue weighted by Crippen LogP contribution is -2.68. The van der Waals surface area contributed by atoms with Crippen molar-refractivity contribution in [1.29, 1.82) is 5.26 Å². The molecule has 0 amide bonds. The highest BCUT2D eigenvalue weighted by molar-refractivity contribution is 5.92. The molecule has 0 aromatic heterocycles. The zero-order valence-corrected chi connectivity index (χ0v) is 15.4. The van der Waals surface area contributed by atoms with E-state index in [0.717, 1.165) is 22.3 Å². The van der Waals surface area contributed by atoms with Gasteiger partial charge in [0.05, 0.1) is 30.6 Å². The number of hydrogen-bond acceptors (Lipinski definition) is 5. The van der Waals surface area contributed by atoms with Crippen molar-refractivity contribution in [2.24, 2.45) is 11.3 Å². The Hall–Kier alpha value is -2.52. The zero-order chi connectivity index (χ0) is 19.1. The van der Waals surface area contributed by atoms with Gasteiger partial charge in [0.2, 0.25) is 6.29 Å². The molecule has 0 radical (unpaired) electrons. The Morgan fingerprint density at radius 1 is 1.14 bits per heavy atom. The van der Waals surface area contributed by atoms with Crippen molar-refractivity contribution in [1.82, 2.24) is 0 Å². The number of fused-ring (bicyclic) bond motifs is 2. The second kappa shape index (κ2) is 5.30. The molecular weight excluding hydrogens is 354 g/mol. The topological polar surface area (TPSA) is 68.6 Å². The van der Waals surface area contributed by atoms with Crippen LogP contribution in [-0.4, -0.2) is 38.5 Å². The molecule has 4 unspecified atom stereocenters. The number of hydrogen-bond donors (Lipinski definition) is 0. The van der Waals surface area contributed by atoms with Gasteiger partial charge in [-0.1, -0.05) is 48.5 Å². The van der Waals surface area contributed by atoms with E-state index in [1.165, 1.54) is 0 Å². The number of nitrogens with zero attached hydrogens (tertiary/aromatic N) is 1. The lowest BCUT2D eigenvalue weighted by Gasteiger charge is -2.62. The predicted molar refractivity (Wildman–Crippen MR) is 98.5 cm³/mol. The molecule has 2 fully saturated rings. The van der Waals surface area contributed by atoms with E-state index in [1.54, 1.807) is 7.11 Å². The highest BCUT2D eigenvalue weighted by Crippen LogP contribution is 2.70. The van der Waals surface area contributed by atoms with Crippen molar-refractivity contribution in [3.63, 3.8) is 0 Å². The third kappa shape index (κ3) is 1.55. The summed E-state index contributed by atoms with van der Waals surface area (Å²) in [7, 11) is 1.66. The molecule has 2 saturated heterocycles. The average Bonchev–Trinajstić information content (AvgIpc) is 3.19. The van der Waals surface area contributed by atoms with Gasteiger partial charge >= 0.3 is 0 Å².